The first-order valence-corrected chi connectivity index (χ1v) is 3.78. The van der Waals surface area contributed by atoms with Gasteiger partial charge in [0, 0.05) is 6.42 Å². The maximum atomic E-state index is 10.6. The molecule has 0 aromatic rings. The summed E-state index contributed by atoms with van der Waals surface area (Å²) in [6.45, 7) is 1.27. The predicted octanol–water partition coefficient (Wildman–Crippen LogP) is -0.426. The molecule has 1 fully saturated rings. The minimum atomic E-state index is -1.31. The van der Waals surface area contributed by atoms with E-state index in [1.54, 1.807) is 0 Å². The number of carboxylic acid groups (broad SMARTS) is 2. The van der Waals surface area contributed by atoms with Gasteiger partial charge in [0.1, 0.15) is 6.04 Å². The monoisotopic (exact) mass is 189 g/mol. The fourth-order valence-corrected chi connectivity index (χ4v) is 1.49. The highest BCUT2D eigenvalue weighted by Crippen LogP contribution is 2.26. The molecule has 0 aromatic carbocycles. The zero-order chi connectivity index (χ0) is 10.2. The fourth-order valence-electron chi connectivity index (χ4n) is 1.49. The Morgan fingerprint density at radius 3 is 2.31 bits per heavy atom. The number of nitrogens with zero attached hydrogens (tertiary/aromatic N) is 1. The zero-order valence-electron chi connectivity index (χ0n) is 7.10. The summed E-state index contributed by atoms with van der Waals surface area (Å²) in [5, 5.41) is 26.7. The van der Waals surface area contributed by atoms with Gasteiger partial charge in [0.25, 0.3) is 0 Å². The highest BCUT2D eigenvalue weighted by Gasteiger charge is 2.45. The van der Waals surface area contributed by atoms with Crippen LogP contribution in [-0.2, 0) is 4.79 Å². The first-order chi connectivity index (χ1) is 5.83. The van der Waals surface area contributed by atoms with Crippen molar-refractivity contribution in [3.63, 3.8) is 0 Å². The average molecular weight is 189 g/mol. The molecule has 0 aromatic heterocycles. The van der Waals surface area contributed by atoms with E-state index in [-0.39, 0.29) is 13.0 Å². The van der Waals surface area contributed by atoms with Crippen molar-refractivity contribution >= 4 is 12.1 Å². The fraction of sp³-hybridized carbons (Fsp3) is 0.714. The molecule has 0 radical (unpaired) electrons. The van der Waals surface area contributed by atoms with Gasteiger partial charge in [0.15, 0.2) is 0 Å². The van der Waals surface area contributed by atoms with Crippen molar-refractivity contribution in [2.24, 2.45) is 0 Å². The molecule has 1 heterocycles. The highest BCUT2D eigenvalue weighted by atomic mass is 16.4. The third kappa shape index (κ3) is 1.89. The molecule has 1 aliphatic heterocycles. The van der Waals surface area contributed by atoms with Crippen LogP contribution in [0, 0.1) is 0 Å². The van der Waals surface area contributed by atoms with E-state index in [4.69, 9.17) is 10.2 Å². The Balaban J connectivity index is 2.83. The van der Waals surface area contributed by atoms with Crippen LogP contribution in [0.5, 0.6) is 0 Å². The first kappa shape index (κ1) is 9.79. The van der Waals surface area contributed by atoms with E-state index < -0.39 is 23.7 Å². The minimum absolute atomic E-state index is 0.0609. The lowest BCUT2D eigenvalue weighted by Gasteiger charge is -2.17. The van der Waals surface area contributed by atoms with Crippen LogP contribution >= 0.6 is 0 Å². The van der Waals surface area contributed by atoms with Gasteiger partial charge in [0.2, 0.25) is 0 Å². The van der Waals surface area contributed by atoms with Gasteiger partial charge in [-0.25, -0.2) is 9.59 Å². The van der Waals surface area contributed by atoms with Gasteiger partial charge in [-0.3, -0.25) is 4.90 Å². The Morgan fingerprint density at radius 2 is 2.00 bits per heavy atom. The second-order valence-corrected chi connectivity index (χ2v) is 3.47. The summed E-state index contributed by atoms with van der Waals surface area (Å²) >= 11 is 0. The molecule has 0 bridgehead atoms. The summed E-state index contributed by atoms with van der Waals surface area (Å²) in [4.78, 5) is 21.9. The predicted molar refractivity (Wildman–Crippen MR) is 41.4 cm³/mol. The van der Waals surface area contributed by atoms with Crippen LogP contribution in [0.4, 0.5) is 4.79 Å². The molecule has 0 spiro atoms. The van der Waals surface area contributed by atoms with Gasteiger partial charge in [-0.2, -0.15) is 0 Å². The molecule has 6 heteroatoms. The third-order valence-corrected chi connectivity index (χ3v) is 2.05. The largest absolute Gasteiger partial charge is 0.480 e. The molecule has 13 heavy (non-hydrogen) atoms. The lowest BCUT2D eigenvalue weighted by atomic mass is 10.0. The second-order valence-electron chi connectivity index (χ2n) is 3.47. The van der Waals surface area contributed by atoms with Crippen LogP contribution in [0.25, 0.3) is 0 Å². The maximum Gasteiger partial charge on any atom is 0.408 e. The number of hydrogen-bond acceptors (Lipinski definition) is 3. The smallest absolute Gasteiger partial charge is 0.408 e. The molecule has 74 valence electrons. The van der Waals surface area contributed by atoms with Crippen LogP contribution in [0.3, 0.4) is 0 Å². The van der Waals surface area contributed by atoms with Gasteiger partial charge in [-0.05, 0) is 6.92 Å². The van der Waals surface area contributed by atoms with E-state index in [1.807, 2.05) is 0 Å². The summed E-state index contributed by atoms with van der Waals surface area (Å²) in [5.41, 5.74) is -1.23. The van der Waals surface area contributed by atoms with E-state index in [0.29, 0.717) is 0 Å². The van der Waals surface area contributed by atoms with E-state index in [2.05, 4.69) is 0 Å². The van der Waals surface area contributed by atoms with Gasteiger partial charge in [0.05, 0.1) is 12.1 Å². The Morgan fingerprint density at radius 1 is 1.46 bits per heavy atom. The molecule has 0 aliphatic carbocycles. The first-order valence-electron chi connectivity index (χ1n) is 3.78. The summed E-state index contributed by atoms with van der Waals surface area (Å²) in [5.74, 6) is -1.22. The summed E-state index contributed by atoms with van der Waals surface area (Å²) in [6.07, 6.45) is -1.38. The third-order valence-electron chi connectivity index (χ3n) is 2.05. The molecule has 1 aliphatic rings. The zero-order valence-corrected chi connectivity index (χ0v) is 7.10. The number of aliphatic hydroxyl groups is 1. The molecule has 0 saturated carbocycles. The van der Waals surface area contributed by atoms with Gasteiger partial charge >= 0.3 is 12.1 Å². The Kier molecular flexibility index (Phi) is 2.17. The lowest BCUT2D eigenvalue weighted by Crippen LogP contribution is -2.40. The Hall–Kier alpha value is -1.30. The number of rotatable bonds is 1. The Bertz CT molecular complexity index is 225. The van der Waals surface area contributed by atoms with Crippen LogP contribution in [-0.4, -0.2) is 50.5 Å². The van der Waals surface area contributed by atoms with Crippen molar-refractivity contribution in [2.75, 3.05) is 6.54 Å². The normalized spacial score (nSPS) is 33.4. The van der Waals surface area contributed by atoms with Crippen LogP contribution in [0.2, 0.25) is 0 Å². The number of carbonyl (C=O) groups is 2. The lowest BCUT2D eigenvalue weighted by molar-refractivity contribution is -0.141. The number of amides is 1. The summed E-state index contributed by atoms with van der Waals surface area (Å²) in [7, 11) is 0. The van der Waals surface area contributed by atoms with Crippen molar-refractivity contribution in [3.05, 3.63) is 0 Å². The van der Waals surface area contributed by atoms with Crippen molar-refractivity contribution in [1.82, 2.24) is 4.90 Å². The van der Waals surface area contributed by atoms with Crippen molar-refractivity contribution in [2.45, 2.75) is 25.0 Å². The van der Waals surface area contributed by atoms with Crippen molar-refractivity contribution < 1.29 is 24.9 Å². The quantitative estimate of drug-likeness (QED) is 0.520. The summed E-state index contributed by atoms with van der Waals surface area (Å²) in [6, 6.07) is -1.13. The number of aliphatic carboxylic acids is 1. The van der Waals surface area contributed by atoms with Crippen LogP contribution < -0.4 is 0 Å². The number of hydrogen-bond donors (Lipinski definition) is 3. The minimum Gasteiger partial charge on any atom is -0.480 e. The molecular formula is C7H11NO5. The molecule has 6 nitrogen and oxygen atoms in total. The van der Waals surface area contributed by atoms with Gasteiger partial charge < -0.3 is 15.3 Å². The standard InChI is InChI=1S/C7H11NO5/c1-7(13)2-4(5(9)10)8(3-7)6(11)12/h4,13H,2-3H2,1H3,(H,9,10)(H,11,12)/t4-,7-/m0/s1. The molecule has 1 saturated heterocycles. The molecule has 3 N–H and O–H groups in total. The van der Waals surface area contributed by atoms with Crippen LogP contribution in [0.1, 0.15) is 13.3 Å². The maximum absolute atomic E-state index is 10.6. The number of β-amino-alcohol motifs (C(OH)–C–C–N with tert-alkyl or cyclic N) is 1. The number of carboxylic acids is 1. The van der Waals surface area contributed by atoms with Gasteiger partial charge in [-0.1, -0.05) is 0 Å². The summed E-state index contributed by atoms with van der Waals surface area (Å²) < 4.78 is 0. The molecule has 1 amide bonds. The number of likely N-dealkylation sites (tertiary alicyclic amines) is 1. The molecule has 2 atom stereocenters. The van der Waals surface area contributed by atoms with Gasteiger partial charge in [-0.15, -0.1) is 0 Å². The molecule has 1 rings (SSSR count). The topological polar surface area (TPSA) is 98.1 Å². The van der Waals surface area contributed by atoms with Crippen LogP contribution in [0.15, 0.2) is 0 Å². The highest BCUT2D eigenvalue weighted by molar-refractivity contribution is 5.80. The SMILES string of the molecule is C[C@]1(O)C[C@@H](C(=O)O)N(C(=O)O)C1. The molecule has 0 unspecified atom stereocenters. The Labute approximate surface area is 74.4 Å². The molecular weight excluding hydrogens is 178 g/mol. The van der Waals surface area contributed by atoms with E-state index in [0.717, 1.165) is 4.90 Å². The van der Waals surface area contributed by atoms with Crippen molar-refractivity contribution in [1.29, 1.82) is 0 Å². The second kappa shape index (κ2) is 2.88. The van der Waals surface area contributed by atoms with E-state index in [1.165, 1.54) is 6.92 Å². The average Bonchev–Trinajstić information content (AvgIpc) is 2.26. The van der Waals surface area contributed by atoms with Crippen molar-refractivity contribution in [3.8, 4) is 0 Å². The van der Waals surface area contributed by atoms with E-state index >= 15 is 0 Å². The van der Waals surface area contributed by atoms with E-state index in [9.17, 15) is 14.7 Å².